The molecule has 2 heterocycles. The third-order valence-corrected chi connectivity index (χ3v) is 7.15. The van der Waals surface area contributed by atoms with Gasteiger partial charge in [-0.25, -0.2) is 8.78 Å². The van der Waals surface area contributed by atoms with E-state index < -0.39 is 41.8 Å². The standard InChI is InChI=1S/C26H30ClF5N4O2/c27-18-4-6-21(22(14-18)36-12-10-34(11-13-36)9-7-26(30,31)32)33-25(38)20-5-3-17(23(28)24(20)29)15-35-8-1-2-19(37)16-35/h3-6,14,19,37H,1-2,7-13,15-16H2,(H,33,38). The van der Waals surface area contributed by atoms with Gasteiger partial charge in [-0.15, -0.1) is 0 Å². The number of aliphatic hydroxyl groups excluding tert-OH is 1. The normalized spacial score (nSPS) is 19.6. The van der Waals surface area contributed by atoms with Crippen LogP contribution in [0.25, 0.3) is 0 Å². The lowest BCUT2D eigenvalue weighted by atomic mass is 10.1. The van der Waals surface area contributed by atoms with E-state index in [1.54, 1.807) is 23.1 Å². The van der Waals surface area contributed by atoms with Crippen molar-refractivity contribution in [1.29, 1.82) is 0 Å². The predicted molar refractivity (Wildman–Crippen MR) is 136 cm³/mol. The van der Waals surface area contributed by atoms with Crippen molar-refractivity contribution < 1.29 is 31.9 Å². The maximum atomic E-state index is 14.9. The van der Waals surface area contributed by atoms with E-state index in [-0.39, 0.29) is 18.7 Å². The summed E-state index contributed by atoms with van der Waals surface area (Å²) >= 11 is 6.17. The van der Waals surface area contributed by atoms with Gasteiger partial charge in [0.15, 0.2) is 11.6 Å². The van der Waals surface area contributed by atoms with Crippen LogP contribution in [-0.2, 0) is 6.54 Å². The van der Waals surface area contributed by atoms with Crippen molar-refractivity contribution in [1.82, 2.24) is 9.80 Å². The van der Waals surface area contributed by atoms with Gasteiger partial charge in [0.05, 0.1) is 29.5 Å². The molecule has 2 aromatic carbocycles. The average molecular weight is 561 g/mol. The molecular weight excluding hydrogens is 531 g/mol. The highest BCUT2D eigenvalue weighted by atomic mass is 35.5. The van der Waals surface area contributed by atoms with Gasteiger partial charge >= 0.3 is 6.18 Å². The Hall–Kier alpha value is -2.47. The van der Waals surface area contributed by atoms with E-state index in [9.17, 15) is 31.9 Å². The molecule has 0 bridgehead atoms. The molecule has 2 fully saturated rings. The molecule has 2 aliphatic heterocycles. The van der Waals surface area contributed by atoms with Gasteiger partial charge in [0.2, 0.25) is 0 Å². The molecule has 12 heteroatoms. The first-order chi connectivity index (χ1) is 18.0. The average Bonchev–Trinajstić information content (AvgIpc) is 2.86. The Morgan fingerprint density at radius 3 is 2.45 bits per heavy atom. The molecule has 0 radical (unpaired) electrons. The topological polar surface area (TPSA) is 59.1 Å². The van der Waals surface area contributed by atoms with Crippen molar-refractivity contribution in [3.05, 3.63) is 58.1 Å². The fraction of sp³-hybridized carbons (Fsp3) is 0.500. The number of benzene rings is 2. The van der Waals surface area contributed by atoms with Crippen molar-refractivity contribution in [2.45, 2.75) is 38.1 Å². The minimum atomic E-state index is -4.22. The molecule has 0 aliphatic carbocycles. The smallest absolute Gasteiger partial charge is 0.390 e. The Balaban J connectivity index is 1.44. The summed E-state index contributed by atoms with van der Waals surface area (Å²) in [5.41, 5.74) is 0.517. The van der Waals surface area contributed by atoms with E-state index in [4.69, 9.17) is 11.6 Å². The van der Waals surface area contributed by atoms with Crippen LogP contribution in [0.1, 0.15) is 35.2 Å². The van der Waals surface area contributed by atoms with Crippen molar-refractivity contribution in [3.63, 3.8) is 0 Å². The number of carbonyl (C=O) groups is 1. The Morgan fingerprint density at radius 2 is 1.76 bits per heavy atom. The van der Waals surface area contributed by atoms with Crippen LogP contribution >= 0.6 is 11.6 Å². The molecule has 1 amide bonds. The van der Waals surface area contributed by atoms with Crippen LogP contribution in [0, 0.1) is 11.6 Å². The predicted octanol–water partition coefficient (Wildman–Crippen LogP) is 4.90. The zero-order valence-electron chi connectivity index (χ0n) is 20.7. The van der Waals surface area contributed by atoms with Crippen molar-refractivity contribution in [2.24, 2.45) is 0 Å². The zero-order valence-corrected chi connectivity index (χ0v) is 21.5. The van der Waals surface area contributed by atoms with Crippen molar-refractivity contribution in [3.8, 4) is 0 Å². The summed E-state index contributed by atoms with van der Waals surface area (Å²) in [5.74, 6) is -3.20. The summed E-state index contributed by atoms with van der Waals surface area (Å²) in [5, 5.41) is 12.8. The molecule has 2 aliphatic rings. The maximum absolute atomic E-state index is 14.9. The minimum absolute atomic E-state index is 0.0876. The van der Waals surface area contributed by atoms with Crippen LogP contribution in [-0.4, -0.2) is 78.9 Å². The van der Waals surface area contributed by atoms with E-state index >= 15 is 0 Å². The highest BCUT2D eigenvalue weighted by Crippen LogP contribution is 2.31. The molecular formula is C26H30ClF5N4O2. The number of nitrogens with one attached hydrogen (secondary N) is 1. The second-order valence-electron chi connectivity index (χ2n) is 9.74. The van der Waals surface area contributed by atoms with Gasteiger partial charge in [-0.1, -0.05) is 17.7 Å². The number of rotatable bonds is 7. The van der Waals surface area contributed by atoms with Gasteiger partial charge in [-0.3, -0.25) is 14.6 Å². The van der Waals surface area contributed by atoms with E-state index in [0.29, 0.717) is 62.1 Å². The third-order valence-electron chi connectivity index (χ3n) is 6.91. The van der Waals surface area contributed by atoms with Crippen LogP contribution in [0.3, 0.4) is 0 Å². The zero-order chi connectivity index (χ0) is 27.4. The number of alkyl halides is 3. The quantitative estimate of drug-likeness (QED) is 0.472. The Kier molecular flexibility index (Phi) is 9.12. The largest absolute Gasteiger partial charge is 0.392 e. The second kappa shape index (κ2) is 12.1. The van der Waals surface area contributed by atoms with Gasteiger partial charge in [0.25, 0.3) is 5.91 Å². The molecule has 1 atom stereocenters. The Bertz CT molecular complexity index is 1140. The molecule has 6 nitrogen and oxygen atoms in total. The van der Waals surface area contributed by atoms with E-state index in [1.165, 1.54) is 12.1 Å². The molecule has 4 rings (SSSR count). The number of nitrogens with zero attached hydrogens (tertiary/aromatic N) is 3. The number of hydrogen-bond acceptors (Lipinski definition) is 5. The SMILES string of the molecule is O=C(Nc1ccc(Cl)cc1N1CCN(CCC(F)(F)F)CC1)c1ccc(CN2CCCC(O)C2)c(F)c1F. The first-order valence-corrected chi connectivity index (χ1v) is 12.9. The maximum Gasteiger partial charge on any atom is 0.390 e. The number of aliphatic hydroxyl groups is 1. The van der Waals surface area contributed by atoms with Crippen molar-refractivity contribution >= 4 is 28.9 Å². The molecule has 2 N–H and O–H groups in total. The molecule has 0 saturated carbocycles. The second-order valence-corrected chi connectivity index (χ2v) is 10.2. The Morgan fingerprint density at radius 1 is 1.03 bits per heavy atom. The summed E-state index contributed by atoms with van der Waals surface area (Å²) in [6, 6.07) is 7.33. The number of hydrogen-bond donors (Lipinski definition) is 2. The molecule has 2 saturated heterocycles. The summed E-state index contributed by atoms with van der Waals surface area (Å²) in [4.78, 5) is 18.4. The van der Waals surface area contributed by atoms with Crippen LogP contribution in [0.5, 0.6) is 0 Å². The number of carbonyl (C=O) groups excluding carboxylic acids is 1. The molecule has 1 unspecified atom stereocenters. The highest BCUT2D eigenvalue weighted by molar-refractivity contribution is 6.31. The van der Waals surface area contributed by atoms with Crippen LogP contribution in [0.15, 0.2) is 30.3 Å². The fourth-order valence-corrected chi connectivity index (χ4v) is 5.03. The summed E-state index contributed by atoms with van der Waals surface area (Å²) in [7, 11) is 0. The van der Waals surface area contributed by atoms with Crippen molar-refractivity contribution in [2.75, 3.05) is 56.0 Å². The molecule has 208 valence electrons. The van der Waals surface area contributed by atoms with Gasteiger partial charge in [-0.2, -0.15) is 13.2 Å². The monoisotopic (exact) mass is 560 g/mol. The first kappa shape index (κ1) is 28.5. The van der Waals surface area contributed by atoms with E-state index in [0.717, 1.165) is 6.42 Å². The first-order valence-electron chi connectivity index (χ1n) is 12.5. The summed E-state index contributed by atoms with van der Waals surface area (Å²) in [6.07, 6.45) is -4.17. The van der Waals surface area contributed by atoms with Gasteiger partial charge in [0.1, 0.15) is 0 Å². The van der Waals surface area contributed by atoms with Gasteiger partial charge in [-0.05, 0) is 43.7 Å². The molecule has 38 heavy (non-hydrogen) atoms. The number of β-amino-alcohol motifs (C(OH)–C–C–N with tert-alkyl or cyclic N) is 1. The Labute approximate surface area is 223 Å². The van der Waals surface area contributed by atoms with Crippen LogP contribution in [0.2, 0.25) is 5.02 Å². The van der Waals surface area contributed by atoms with Gasteiger partial charge in [0, 0.05) is 56.4 Å². The van der Waals surface area contributed by atoms with Crippen LogP contribution < -0.4 is 10.2 Å². The number of piperazine rings is 1. The van der Waals surface area contributed by atoms with Crippen LogP contribution in [0.4, 0.5) is 33.3 Å². The molecule has 0 spiro atoms. The molecule has 2 aromatic rings. The summed E-state index contributed by atoms with van der Waals surface area (Å²) < 4.78 is 67.5. The minimum Gasteiger partial charge on any atom is -0.392 e. The third kappa shape index (κ3) is 7.34. The summed E-state index contributed by atoms with van der Waals surface area (Å²) in [6.45, 7) is 2.67. The number of likely N-dealkylation sites (tertiary alicyclic amines) is 1. The number of amides is 1. The lowest BCUT2D eigenvalue weighted by Gasteiger charge is -2.37. The number of piperidine rings is 1. The number of anilines is 2. The van der Waals surface area contributed by atoms with Gasteiger partial charge < -0.3 is 15.3 Å². The highest BCUT2D eigenvalue weighted by Gasteiger charge is 2.29. The lowest BCUT2D eigenvalue weighted by molar-refractivity contribution is -0.138. The number of halogens is 6. The van der Waals surface area contributed by atoms with E-state index in [2.05, 4.69) is 5.32 Å². The van der Waals surface area contributed by atoms with E-state index in [1.807, 2.05) is 9.80 Å². The lowest BCUT2D eigenvalue weighted by Crippen LogP contribution is -2.47. The fourth-order valence-electron chi connectivity index (χ4n) is 4.86. The molecule has 0 aromatic heterocycles.